The molecule has 0 radical (unpaired) electrons. The molecule has 2 heterocycles. The van der Waals surface area contributed by atoms with Gasteiger partial charge in [0.15, 0.2) is 17.5 Å². The van der Waals surface area contributed by atoms with Gasteiger partial charge in [0.05, 0.1) is 16.8 Å². The highest BCUT2D eigenvalue weighted by atomic mass is 35.5. The molecule has 116 valence electrons. The van der Waals surface area contributed by atoms with E-state index in [9.17, 15) is 13.2 Å². The van der Waals surface area contributed by atoms with E-state index in [1.807, 2.05) is 0 Å². The predicted octanol–water partition coefficient (Wildman–Crippen LogP) is 3.06. The first-order valence-corrected chi connectivity index (χ1v) is 7.37. The van der Waals surface area contributed by atoms with Gasteiger partial charge in [-0.3, -0.25) is 0 Å². The zero-order chi connectivity index (χ0) is 15.7. The van der Waals surface area contributed by atoms with E-state index in [0.717, 1.165) is 11.0 Å². The van der Waals surface area contributed by atoms with Gasteiger partial charge in [0.25, 0.3) is 0 Å². The first-order chi connectivity index (χ1) is 10.4. The number of hydrogen-bond donors (Lipinski definition) is 1. The number of alkyl halides is 3. The minimum absolute atomic E-state index is 0.202. The summed E-state index contributed by atoms with van der Waals surface area (Å²) in [7, 11) is 0. The van der Waals surface area contributed by atoms with Crippen molar-refractivity contribution >= 4 is 34.4 Å². The molecule has 0 aliphatic carbocycles. The molecule has 22 heavy (non-hydrogen) atoms. The molecule has 6 nitrogen and oxygen atoms in total. The summed E-state index contributed by atoms with van der Waals surface area (Å²) >= 11 is 7.15. The van der Waals surface area contributed by atoms with Crippen LogP contribution in [0.25, 0.3) is 11.0 Å². The number of nitrogens with one attached hydrogen (secondary N) is 1. The Morgan fingerprint density at radius 2 is 2.14 bits per heavy atom. The van der Waals surface area contributed by atoms with Crippen molar-refractivity contribution in [3.8, 4) is 0 Å². The highest BCUT2D eigenvalue weighted by Crippen LogP contribution is 2.24. The van der Waals surface area contributed by atoms with Crippen molar-refractivity contribution in [3.63, 3.8) is 0 Å². The summed E-state index contributed by atoms with van der Waals surface area (Å²) in [5.41, 5.74) is 1.53. The normalized spacial score (nSPS) is 12.2. The van der Waals surface area contributed by atoms with Crippen LogP contribution in [-0.2, 0) is 12.3 Å². The molecule has 0 aliphatic heterocycles. The van der Waals surface area contributed by atoms with E-state index in [1.165, 1.54) is 11.8 Å². The number of hydrogen-bond acceptors (Lipinski definition) is 5. The molecule has 0 saturated heterocycles. The van der Waals surface area contributed by atoms with Crippen molar-refractivity contribution in [1.29, 1.82) is 0 Å². The number of nitrogens with zero attached hydrogens (tertiary/aromatic N) is 5. The van der Waals surface area contributed by atoms with Crippen LogP contribution in [0, 0.1) is 0 Å². The van der Waals surface area contributed by atoms with Gasteiger partial charge < -0.3 is 4.98 Å². The number of H-pyrrole nitrogens is 1. The Labute approximate surface area is 131 Å². The summed E-state index contributed by atoms with van der Waals surface area (Å²) in [5.74, 6) is 0.457. The van der Waals surface area contributed by atoms with Crippen molar-refractivity contribution in [2.45, 2.75) is 23.6 Å². The molecule has 0 saturated carbocycles. The molecule has 0 amide bonds. The molecule has 1 aromatic carbocycles. The van der Waals surface area contributed by atoms with Crippen molar-refractivity contribution in [1.82, 2.24) is 30.2 Å². The number of fused-ring (bicyclic) bond motifs is 1. The molecule has 3 rings (SSSR count). The molecule has 11 heteroatoms. The fraction of sp³-hybridized carbons (Fsp3) is 0.273. The lowest BCUT2D eigenvalue weighted by molar-refractivity contribution is -0.145. The van der Waals surface area contributed by atoms with Crippen LogP contribution < -0.4 is 0 Å². The third-order valence-corrected chi connectivity index (χ3v) is 3.68. The van der Waals surface area contributed by atoms with E-state index in [4.69, 9.17) is 11.6 Å². The quantitative estimate of drug-likeness (QED) is 0.734. The number of rotatable bonds is 4. The lowest BCUT2D eigenvalue weighted by atomic mass is 10.3. The first kappa shape index (κ1) is 15.1. The van der Waals surface area contributed by atoms with Gasteiger partial charge in [0.1, 0.15) is 0 Å². The number of halogens is 4. The average molecular weight is 349 g/mol. The fourth-order valence-corrected chi connectivity index (χ4v) is 2.62. The van der Waals surface area contributed by atoms with Gasteiger partial charge >= 0.3 is 6.18 Å². The molecular formula is C11H8ClF3N6S. The van der Waals surface area contributed by atoms with E-state index in [2.05, 4.69) is 25.4 Å². The number of thioether (sulfide) groups is 1. The molecule has 1 N–H and O–H groups in total. The Morgan fingerprint density at radius 3 is 2.91 bits per heavy atom. The van der Waals surface area contributed by atoms with Crippen LogP contribution in [0.1, 0.15) is 5.82 Å². The van der Waals surface area contributed by atoms with Gasteiger partial charge in [-0.1, -0.05) is 23.4 Å². The van der Waals surface area contributed by atoms with Gasteiger partial charge in [0.2, 0.25) is 0 Å². The van der Waals surface area contributed by atoms with Crippen molar-refractivity contribution in [3.05, 3.63) is 29.0 Å². The van der Waals surface area contributed by atoms with Gasteiger partial charge in [-0.2, -0.15) is 18.0 Å². The largest absolute Gasteiger partial charge is 0.409 e. The number of benzene rings is 1. The summed E-state index contributed by atoms with van der Waals surface area (Å²) in [6.45, 7) is -1.26. The molecule has 0 fully saturated rings. The molecule has 2 aromatic heterocycles. The standard InChI is InChI=1S/C11H8ClF3N6S/c12-6-1-2-7-8(3-6)17-10(16-7)22-4-9-18-20-21(19-9)5-11(13,14)15/h1-3H,4-5H2,(H,16,17). The van der Waals surface area contributed by atoms with Crippen LogP contribution in [0.4, 0.5) is 13.2 Å². The van der Waals surface area contributed by atoms with Gasteiger partial charge in [-0.25, -0.2) is 4.98 Å². The molecule has 0 bridgehead atoms. The van der Waals surface area contributed by atoms with Gasteiger partial charge in [0, 0.05) is 5.02 Å². The monoisotopic (exact) mass is 348 g/mol. The second-order valence-corrected chi connectivity index (χ2v) is 5.74. The first-order valence-electron chi connectivity index (χ1n) is 6.00. The molecule has 0 unspecified atom stereocenters. The fourth-order valence-electron chi connectivity index (χ4n) is 1.72. The Kier molecular flexibility index (Phi) is 3.96. The third kappa shape index (κ3) is 3.69. The van der Waals surface area contributed by atoms with Crippen LogP contribution in [0.15, 0.2) is 23.4 Å². The Bertz CT molecular complexity index is 799. The maximum atomic E-state index is 12.2. The Balaban J connectivity index is 1.66. The summed E-state index contributed by atoms with van der Waals surface area (Å²) in [6, 6.07) is 5.24. The highest BCUT2D eigenvalue weighted by molar-refractivity contribution is 7.98. The lowest BCUT2D eigenvalue weighted by Crippen LogP contribution is -2.19. The third-order valence-electron chi connectivity index (χ3n) is 2.58. The summed E-state index contributed by atoms with van der Waals surface area (Å²) in [5, 5.41) is 11.8. The maximum absolute atomic E-state index is 12.2. The molecule has 0 aliphatic rings. The zero-order valence-corrected chi connectivity index (χ0v) is 12.4. The number of aromatic nitrogens is 6. The number of aromatic amines is 1. The Morgan fingerprint density at radius 1 is 1.32 bits per heavy atom. The van der Waals surface area contributed by atoms with E-state index >= 15 is 0 Å². The van der Waals surface area contributed by atoms with E-state index in [-0.39, 0.29) is 11.6 Å². The van der Waals surface area contributed by atoms with Crippen LogP contribution in [0.2, 0.25) is 5.02 Å². The van der Waals surface area contributed by atoms with Crippen LogP contribution in [-0.4, -0.2) is 36.4 Å². The number of imidazole rings is 1. The minimum Gasteiger partial charge on any atom is -0.333 e. The second-order valence-electron chi connectivity index (χ2n) is 4.34. The van der Waals surface area contributed by atoms with E-state index in [1.54, 1.807) is 18.2 Å². The van der Waals surface area contributed by atoms with Crippen LogP contribution in [0.3, 0.4) is 0 Å². The second kappa shape index (κ2) is 5.76. The molecule has 0 spiro atoms. The summed E-state index contributed by atoms with van der Waals surface area (Å²) in [6.07, 6.45) is -4.37. The topological polar surface area (TPSA) is 72.3 Å². The minimum atomic E-state index is -4.37. The molecular weight excluding hydrogens is 341 g/mol. The smallest absolute Gasteiger partial charge is 0.333 e. The van der Waals surface area contributed by atoms with Gasteiger partial charge in [-0.05, 0) is 23.4 Å². The number of tetrazole rings is 1. The van der Waals surface area contributed by atoms with Crippen LogP contribution in [0.5, 0.6) is 0 Å². The summed E-state index contributed by atoms with van der Waals surface area (Å²) < 4.78 is 36.6. The highest BCUT2D eigenvalue weighted by Gasteiger charge is 2.29. The predicted molar refractivity (Wildman–Crippen MR) is 74.5 cm³/mol. The van der Waals surface area contributed by atoms with Crippen molar-refractivity contribution < 1.29 is 13.2 Å². The van der Waals surface area contributed by atoms with Crippen molar-refractivity contribution in [2.24, 2.45) is 0 Å². The van der Waals surface area contributed by atoms with Gasteiger partial charge in [-0.15, -0.1) is 10.2 Å². The van der Waals surface area contributed by atoms with E-state index in [0.29, 0.717) is 15.0 Å². The molecule has 3 aromatic rings. The molecule has 0 atom stereocenters. The maximum Gasteiger partial charge on any atom is 0.409 e. The van der Waals surface area contributed by atoms with Crippen LogP contribution >= 0.6 is 23.4 Å². The lowest BCUT2D eigenvalue weighted by Gasteiger charge is -2.02. The van der Waals surface area contributed by atoms with Crippen molar-refractivity contribution in [2.75, 3.05) is 0 Å². The summed E-state index contributed by atoms with van der Waals surface area (Å²) in [4.78, 5) is 7.90. The van der Waals surface area contributed by atoms with E-state index < -0.39 is 12.7 Å². The SMILES string of the molecule is FC(F)(F)Cn1nnc(CSc2nc3ccc(Cl)cc3[nH]2)n1. The zero-order valence-electron chi connectivity index (χ0n) is 10.8. The Hall–Kier alpha value is -1.81. The average Bonchev–Trinajstić information content (AvgIpc) is 3.00.